The van der Waals surface area contributed by atoms with E-state index in [1.807, 2.05) is 48.3 Å². The third-order valence-corrected chi connectivity index (χ3v) is 4.66. The van der Waals surface area contributed by atoms with Gasteiger partial charge in [-0.1, -0.05) is 18.2 Å². The summed E-state index contributed by atoms with van der Waals surface area (Å²) < 4.78 is 1.88. The van der Waals surface area contributed by atoms with Crippen molar-refractivity contribution in [1.29, 1.82) is 0 Å². The van der Waals surface area contributed by atoms with Crippen molar-refractivity contribution in [3.8, 4) is 5.69 Å². The molecule has 1 atom stereocenters. The Hall–Kier alpha value is -2.47. The fourth-order valence-electron chi connectivity index (χ4n) is 3.55. The van der Waals surface area contributed by atoms with Crippen LogP contribution in [0.2, 0.25) is 0 Å². The topological polar surface area (TPSA) is 58.9 Å². The highest BCUT2D eigenvalue weighted by atomic mass is 15.3. The smallest absolute Gasteiger partial charge is 0.168 e. The fourth-order valence-corrected chi connectivity index (χ4v) is 3.55. The molecule has 124 valence electrons. The van der Waals surface area contributed by atoms with Gasteiger partial charge in [-0.05, 0) is 44.5 Å². The molecule has 0 saturated carbocycles. The monoisotopic (exact) mass is 322 g/mol. The van der Waals surface area contributed by atoms with E-state index in [2.05, 4.69) is 25.3 Å². The van der Waals surface area contributed by atoms with Crippen LogP contribution in [0, 0.1) is 5.92 Å². The first kappa shape index (κ1) is 15.1. The molecule has 1 aromatic carbocycles. The maximum absolute atomic E-state index is 4.57. The lowest BCUT2D eigenvalue weighted by Gasteiger charge is -2.33. The number of hydrogen-bond donors (Lipinski definition) is 1. The minimum Gasteiger partial charge on any atom is -0.356 e. The molecule has 1 saturated heterocycles. The van der Waals surface area contributed by atoms with Gasteiger partial charge in [0, 0.05) is 13.1 Å². The molecule has 3 heterocycles. The molecule has 0 aliphatic carbocycles. The SMILES string of the molecule is CNCC1CCCN(c2ncnc3c2cnn3-c2ccccc2)C1. The number of hydrogen-bond acceptors (Lipinski definition) is 5. The zero-order valence-corrected chi connectivity index (χ0v) is 13.9. The molecule has 1 aliphatic heterocycles. The second kappa shape index (κ2) is 6.57. The quantitative estimate of drug-likeness (QED) is 0.798. The van der Waals surface area contributed by atoms with Gasteiger partial charge in [-0.2, -0.15) is 5.10 Å². The van der Waals surface area contributed by atoms with Gasteiger partial charge in [0.25, 0.3) is 0 Å². The molecule has 1 aliphatic rings. The molecule has 4 rings (SSSR count). The number of rotatable bonds is 4. The van der Waals surface area contributed by atoms with E-state index in [1.165, 1.54) is 12.8 Å². The van der Waals surface area contributed by atoms with Crippen LogP contribution in [-0.2, 0) is 0 Å². The van der Waals surface area contributed by atoms with Gasteiger partial charge in [-0.15, -0.1) is 0 Å². The summed E-state index contributed by atoms with van der Waals surface area (Å²) in [7, 11) is 2.02. The number of benzene rings is 1. The third kappa shape index (κ3) is 2.73. The molecular formula is C18H22N6. The van der Waals surface area contributed by atoms with E-state index in [0.29, 0.717) is 5.92 Å². The number of aromatic nitrogens is 4. The Labute approximate surface area is 141 Å². The van der Waals surface area contributed by atoms with Gasteiger partial charge in [0.15, 0.2) is 5.65 Å². The molecule has 0 amide bonds. The molecule has 1 unspecified atom stereocenters. The largest absolute Gasteiger partial charge is 0.356 e. The van der Waals surface area contributed by atoms with Gasteiger partial charge in [-0.25, -0.2) is 14.6 Å². The predicted octanol–water partition coefficient (Wildman–Crippen LogP) is 2.25. The Bertz CT molecular complexity index is 811. The number of anilines is 1. The van der Waals surface area contributed by atoms with Crippen molar-refractivity contribution in [2.24, 2.45) is 5.92 Å². The molecule has 6 heteroatoms. The molecule has 6 nitrogen and oxygen atoms in total. The summed E-state index contributed by atoms with van der Waals surface area (Å²) >= 11 is 0. The van der Waals surface area contributed by atoms with Crippen LogP contribution in [0.5, 0.6) is 0 Å². The Morgan fingerprint density at radius 3 is 2.92 bits per heavy atom. The Kier molecular flexibility index (Phi) is 4.13. The van der Waals surface area contributed by atoms with Crippen LogP contribution in [0.15, 0.2) is 42.9 Å². The van der Waals surface area contributed by atoms with Crippen LogP contribution >= 0.6 is 0 Å². The van der Waals surface area contributed by atoms with Gasteiger partial charge in [0.1, 0.15) is 12.1 Å². The van der Waals surface area contributed by atoms with E-state index in [-0.39, 0.29) is 0 Å². The van der Waals surface area contributed by atoms with Crippen molar-refractivity contribution >= 4 is 16.9 Å². The summed E-state index contributed by atoms with van der Waals surface area (Å²) in [6.07, 6.45) is 6.01. The molecule has 0 bridgehead atoms. The first-order valence-electron chi connectivity index (χ1n) is 8.50. The second-order valence-corrected chi connectivity index (χ2v) is 6.34. The number of piperidine rings is 1. The van der Waals surface area contributed by atoms with E-state index < -0.39 is 0 Å². The van der Waals surface area contributed by atoms with Crippen LogP contribution in [0.4, 0.5) is 5.82 Å². The summed E-state index contributed by atoms with van der Waals surface area (Å²) in [5, 5.41) is 8.87. The van der Waals surface area contributed by atoms with E-state index in [0.717, 1.165) is 42.2 Å². The molecule has 2 aromatic heterocycles. The zero-order valence-electron chi connectivity index (χ0n) is 13.9. The number of fused-ring (bicyclic) bond motifs is 1. The van der Waals surface area contributed by atoms with Gasteiger partial charge in [0.2, 0.25) is 0 Å². The third-order valence-electron chi connectivity index (χ3n) is 4.66. The highest BCUT2D eigenvalue weighted by Gasteiger charge is 2.23. The summed E-state index contributed by atoms with van der Waals surface area (Å²) in [6.45, 7) is 3.13. The van der Waals surface area contributed by atoms with Gasteiger partial charge < -0.3 is 10.2 Å². The number of nitrogens with zero attached hydrogens (tertiary/aromatic N) is 5. The van der Waals surface area contributed by atoms with E-state index >= 15 is 0 Å². The average molecular weight is 322 g/mol. The normalized spacial score (nSPS) is 18.2. The Balaban J connectivity index is 1.71. The minimum absolute atomic E-state index is 0.665. The summed E-state index contributed by atoms with van der Waals surface area (Å²) in [5.74, 6) is 1.67. The van der Waals surface area contributed by atoms with E-state index in [4.69, 9.17) is 0 Å². The first-order valence-corrected chi connectivity index (χ1v) is 8.50. The Morgan fingerprint density at radius 1 is 1.21 bits per heavy atom. The molecule has 24 heavy (non-hydrogen) atoms. The lowest BCUT2D eigenvalue weighted by Crippen LogP contribution is -2.39. The molecule has 1 N–H and O–H groups in total. The zero-order chi connectivity index (χ0) is 16.4. The maximum Gasteiger partial charge on any atom is 0.168 e. The van der Waals surface area contributed by atoms with Gasteiger partial charge >= 0.3 is 0 Å². The molecule has 3 aromatic rings. The molecule has 0 spiro atoms. The lowest BCUT2D eigenvalue weighted by atomic mass is 9.98. The predicted molar refractivity (Wildman–Crippen MR) is 95.5 cm³/mol. The van der Waals surface area contributed by atoms with Crippen molar-refractivity contribution in [3.63, 3.8) is 0 Å². The standard InChI is InChI=1S/C18H22N6/c1-19-10-14-6-5-9-23(12-14)17-16-11-22-24(18(16)21-13-20-17)15-7-3-2-4-8-15/h2-4,7-8,11,13-14,19H,5-6,9-10,12H2,1H3. The Morgan fingerprint density at radius 2 is 2.08 bits per heavy atom. The van der Waals surface area contributed by atoms with Crippen molar-refractivity contribution in [3.05, 3.63) is 42.9 Å². The molecular weight excluding hydrogens is 300 g/mol. The van der Waals surface area contributed by atoms with Crippen LogP contribution in [0.1, 0.15) is 12.8 Å². The highest BCUT2D eigenvalue weighted by Crippen LogP contribution is 2.28. The van der Waals surface area contributed by atoms with Gasteiger partial charge in [0.05, 0.1) is 17.3 Å². The van der Waals surface area contributed by atoms with E-state index in [9.17, 15) is 0 Å². The minimum atomic E-state index is 0.665. The molecule has 0 radical (unpaired) electrons. The second-order valence-electron chi connectivity index (χ2n) is 6.34. The molecule has 1 fully saturated rings. The summed E-state index contributed by atoms with van der Waals surface area (Å²) in [4.78, 5) is 11.4. The fraction of sp³-hybridized carbons (Fsp3) is 0.389. The van der Waals surface area contributed by atoms with Crippen LogP contribution in [0.25, 0.3) is 16.7 Å². The van der Waals surface area contributed by atoms with E-state index in [1.54, 1.807) is 6.33 Å². The summed E-state index contributed by atoms with van der Waals surface area (Å²) in [6, 6.07) is 10.1. The van der Waals surface area contributed by atoms with Gasteiger partial charge in [-0.3, -0.25) is 0 Å². The summed E-state index contributed by atoms with van der Waals surface area (Å²) in [5.41, 5.74) is 1.88. The first-order chi connectivity index (χ1) is 11.9. The van der Waals surface area contributed by atoms with Crippen molar-refractivity contribution in [1.82, 2.24) is 25.1 Å². The van der Waals surface area contributed by atoms with Crippen molar-refractivity contribution < 1.29 is 0 Å². The van der Waals surface area contributed by atoms with Crippen LogP contribution < -0.4 is 10.2 Å². The highest BCUT2D eigenvalue weighted by molar-refractivity contribution is 5.87. The number of nitrogens with one attached hydrogen (secondary N) is 1. The van der Waals surface area contributed by atoms with Crippen LogP contribution in [0.3, 0.4) is 0 Å². The average Bonchev–Trinajstić information content (AvgIpc) is 3.07. The lowest BCUT2D eigenvalue weighted by molar-refractivity contribution is 0.401. The number of para-hydroxylation sites is 1. The van der Waals surface area contributed by atoms with Crippen LogP contribution in [-0.4, -0.2) is 46.4 Å². The maximum atomic E-state index is 4.57. The van der Waals surface area contributed by atoms with Crippen molar-refractivity contribution in [2.75, 3.05) is 31.6 Å². The van der Waals surface area contributed by atoms with Crippen molar-refractivity contribution in [2.45, 2.75) is 12.8 Å².